The zero-order valence-corrected chi connectivity index (χ0v) is 14.0. The van der Waals surface area contributed by atoms with Crippen LogP contribution >= 0.6 is 0 Å². The van der Waals surface area contributed by atoms with Gasteiger partial charge < -0.3 is 25.8 Å². The number of nitrogens with one attached hydrogen (secondary N) is 1. The van der Waals surface area contributed by atoms with E-state index in [9.17, 15) is 14.0 Å². The first-order chi connectivity index (χ1) is 11.4. The van der Waals surface area contributed by atoms with Crippen molar-refractivity contribution in [2.75, 3.05) is 50.6 Å². The first-order valence-corrected chi connectivity index (χ1v) is 7.66. The Morgan fingerprint density at radius 1 is 1.24 bits per heavy atom. The van der Waals surface area contributed by atoms with Crippen LogP contribution in [0, 0.1) is 5.82 Å². The Hall–Kier alpha value is -2.65. The lowest BCUT2D eigenvalue weighted by Gasteiger charge is -2.34. The van der Waals surface area contributed by atoms with E-state index in [2.05, 4.69) is 10.3 Å². The summed E-state index contributed by atoms with van der Waals surface area (Å²) in [5.41, 5.74) is 2.59. The molecule has 9 heteroatoms. The van der Waals surface area contributed by atoms with Gasteiger partial charge in [0.05, 0.1) is 16.6 Å². The third-order valence-electron chi connectivity index (χ3n) is 4.39. The van der Waals surface area contributed by atoms with Gasteiger partial charge in [-0.15, -0.1) is 0 Å². The van der Waals surface area contributed by atoms with Crippen LogP contribution in [0.25, 0.3) is 10.9 Å². The number of hydrogen-bond donors (Lipinski definition) is 2. The molecule has 0 bridgehead atoms. The highest BCUT2D eigenvalue weighted by molar-refractivity contribution is 5.93. The predicted octanol–water partition coefficient (Wildman–Crippen LogP) is -0.0608. The number of likely N-dealkylation sites (N-methyl/N-ethyl adjacent to an activating group) is 1. The van der Waals surface area contributed by atoms with Crippen molar-refractivity contribution in [2.24, 2.45) is 0 Å². The van der Waals surface area contributed by atoms with Crippen molar-refractivity contribution in [3.8, 4) is 0 Å². The van der Waals surface area contributed by atoms with Crippen molar-refractivity contribution in [1.29, 1.82) is 0 Å². The molecule has 1 aliphatic heterocycles. The number of carboxylic acid groups (broad SMARTS) is 1. The smallest absolute Gasteiger partial charge is 0.341 e. The van der Waals surface area contributed by atoms with Crippen LogP contribution in [0.5, 0.6) is 0 Å². The maximum atomic E-state index is 14.6. The van der Waals surface area contributed by atoms with Crippen molar-refractivity contribution in [2.45, 2.75) is 0 Å². The summed E-state index contributed by atoms with van der Waals surface area (Å²) in [6.07, 6.45) is 1.22. The zero-order valence-electron chi connectivity index (χ0n) is 14.0. The Morgan fingerprint density at radius 3 is 2.44 bits per heavy atom. The topological polar surface area (TPSA) is 109 Å². The SMILES string of the molecule is CNn1cc(C(=O)O)c(=O)c2cc(F)c(N3CCN(C)CC3)cc21.O. The van der Waals surface area contributed by atoms with Gasteiger partial charge in [-0.2, -0.15) is 0 Å². The van der Waals surface area contributed by atoms with Crippen LogP contribution in [0.2, 0.25) is 0 Å². The number of benzene rings is 1. The van der Waals surface area contributed by atoms with Crippen molar-refractivity contribution >= 4 is 22.6 Å². The molecule has 2 aromatic rings. The second kappa shape index (κ2) is 7.08. The summed E-state index contributed by atoms with van der Waals surface area (Å²) < 4.78 is 16.0. The molecule has 1 saturated heterocycles. The number of carboxylic acids is 1. The van der Waals surface area contributed by atoms with Crippen molar-refractivity contribution in [3.63, 3.8) is 0 Å². The number of fused-ring (bicyclic) bond motifs is 1. The van der Waals surface area contributed by atoms with Gasteiger partial charge in [-0.3, -0.25) is 9.47 Å². The zero-order chi connectivity index (χ0) is 17.4. The predicted molar refractivity (Wildman–Crippen MR) is 93.7 cm³/mol. The Balaban J connectivity index is 0.00000225. The van der Waals surface area contributed by atoms with Crippen LogP contribution in [-0.2, 0) is 0 Å². The van der Waals surface area contributed by atoms with Gasteiger partial charge in [0.2, 0.25) is 5.43 Å². The number of carbonyl (C=O) groups is 1. The first kappa shape index (κ1) is 18.7. The van der Waals surface area contributed by atoms with Crippen LogP contribution in [0.3, 0.4) is 0 Å². The van der Waals surface area contributed by atoms with Crippen LogP contribution in [-0.4, -0.2) is 66.4 Å². The lowest BCUT2D eigenvalue weighted by Crippen LogP contribution is -2.44. The van der Waals surface area contributed by atoms with Crippen LogP contribution in [0.1, 0.15) is 10.4 Å². The molecular weight excluding hydrogens is 331 g/mol. The number of halogens is 1. The van der Waals surface area contributed by atoms with Crippen molar-refractivity contribution < 1.29 is 19.8 Å². The number of hydrogen-bond acceptors (Lipinski definition) is 5. The van der Waals surface area contributed by atoms with Gasteiger partial charge in [-0.05, 0) is 19.2 Å². The fraction of sp³-hybridized carbons (Fsp3) is 0.375. The molecule has 0 saturated carbocycles. The Labute approximate surface area is 143 Å². The fourth-order valence-corrected chi connectivity index (χ4v) is 2.96. The van der Waals surface area contributed by atoms with Gasteiger partial charge in [-0.25, -0.2) is 9.18 Å². The molecule has 136 valence electrons. The summed E-state index contributed by atoms with van der Waals surface area (Å²) in [4.78, 5) is 27.6. The number of nitrogens with zero attached hydrogens (tertiary/aromatic N) is 3. The van der Waals surface area contributed by atoms with E-state index >= 15 is 0 Å². The molecule has 0 spiro atoms. The molecule has 8 nitrogen and oxygen atoms in total. The molecular formula is C16H21FN4O4. The minimum atomic E-state index is -1.34. The van der Waals surface area contributed by atoms with E-state index in [4.69, 9.17) is 5.11 Å². The summed E-state index contributed by atoms with van der Waals surface area (Å²) >= 11 is 0. The highest BCUT2D eigenvalue weighted by atomic mass is 19.1. The van der Waals surface area contributed by atoms with Gasteiger partial charge in [0.25, 0.3) is 0 Å². The van der Waals surface area contributed by atoms with Gasteiger partial charge in [0.1, 0.15) is 11.4 Å². The second-order valence-corrected chi connectivity index (χ2v) is 5.88. The normalized spacial score (nSPS) is 15.1. The molecule has 4 N–H and O–H groups in total. The molecule has 1 aliphatic rings. The van der Waals surface area contributed by atoms with Gasteiger partial charge in [0, 0.05) is 39.4 Å². The van der Waals surface area contributed by atoms with E-state index in [0.717, 1.165) is 19.2 Å². The molecule has 1 aromatic heterocycles. The van der Waals surface area contributed by atoms with Crippen LogP contribution in [0.4, 0.5) is 10.1 Å². The highest BCUT2D eigenvalue weighted by Crippen LogP contribution is 2.25. The molecule has 2 heterocycles. The lowest BCUT2D eigenvalue weighted by molar-refractivity contribution is 0.0695. The molecule has 0 aliphatic carbocycles. The molecule has 0 amide bonds. The first-order valence-electron chi connectivity index (χ1n) is 7.66. The summed E-state index contributed by atoms with van der Waals surface area (Å²) in [5.74, 6) is -1.86. The van der Waals surface area contributed by atoms with E-state index < -0.39 is 22.8 Å². The number of pyridine rings is 1. The monoisotopic (exact) mass is 352 g/mol. The molecule has 0 atom stereocenters. The van der Waals surface area contributed by atoms with E-state index in [1.807, 2.05) is 11.9 Å². The number of aromatic nitrogens is 1. The summed E-state index contributed by atoms with van der Waals surface area (Å²) in [7, 11) is 3.62. The molecule has 25 heavy (non-hydrogen) atoms. The van der Waals surface area contributed by atoms with Gasteiger partial charge in [-0.1, -0.05) is 0 Å². The molecule has 0 unspecified atom stereocenters. The minimum absolute atomic E-state index is 0. The minimum Gasteiger partial charge on any atom is -0.477 e. The van der Waals surface area contributed by atoms with Crippen molar-refractivity contribution in [3.05, 3.63) is 39.9 Å². The Morgan fingerprint density at radius 2 is 1.88 bits per heavy atom. The summed E-state index contributed by atoms with van der Waals surface area (Å²) in [6.45, 7) is 3.04. The summed E-state index contributed by atoms with van der Waals surface area (Å²) in [6, 6.07) is 2.73. The van der Waals surface area contributed by atoms with E-state index in [0.29, 0.717) is 24.3 Å². The van der Waals surface area contributed by atoms with E-state index in [1.54, 1.807) is 13.1 Å². The number of piperazine rings is 1. The highest BCUT2D eigenvalue weighted by Gasteiger charge is 2.21. The van der Waals surface area contributed by atoms with Gasteiger partial charge in [0.15, 0.2) is 0 Å². The largest absolute Gasteiger partial charge is 0.477 e. The van der Waals surface area contributed by atoms with Crippen molar-refractivity contribution in [1.82, 2.24) is 9.58 Å². The fourth-order valence-electron chi connectivity index (χ4n) is 2.96. The molecule has 3 rings (SSSR count). The number of rotatable bonds is 3. The van der Waals surface area contributed by atoms with E-state index in [1.165, 1.54) is 10.9 Å². The molecule has 0 radical (unpaired) electrons. The Bertz CT molecular complexity index is 859. The standard InChI is InChI=1S/C16H19FN4O3.H2O/c1-18-21-9-11(16(23)24)15(22)10-7-12(17)14(8-13(10)21)20-5-3-19(2)4-6-20;/h7-9,18H,3-6H2,1-2H3,(H,23,24);1H2. The molecule has 1 fully saturated rings. The molecule has 1 aromatic carbocycles. The third-order valence-corrected chi connectivity index (χ3v) is 4.39. The second-order valence-electron chi connectivity index (χ2n) is 5.88. The maximum Gasteiger partial charge on any atom is 0.341 e. The maximum absolute atomic E-state index is 14.6. The van der Waals surface area contributed by atoms with Crippen LogP contribution in [0.15, 0.2) is 23.1 Å². The third kappa shape index (κ3) is 3.28. The van der Waals surface area contributed by atoms with Gasteiger partial charge >= 0.3 is 5.97 Å². The van der Waals surface area contributed by atoms with Crippen LogP contribution < -0.4 is 15.8 Å². The average molecular weight is 352 g/mol. The van der Waals surface area contributed by atoms with E-state index in [-0.39, 0.29) is 10.9 Å². The number of anilines is 1. The average Bonchev–Trinajstić information content (AvgIpc) is 2.56. The summed E-state index contributed by atoms with van der Waals surface area (Å²) in [5, 5.41) is 9.19. The quantitative estimate of drug-likeness (QED) is 0.801. The lowest BCUT2D eigenvalue weighted by atomic mass is 10.1. The number of aromatic carboxylic acids is 1. The Kier molecular flexibility index (Phi) is 5.29.